The lowest BCUT2D eigenvalue weighted by atomic mass is 9.91. The van der Waals surface area contributed by atoms with Gasteiger partial charge in [-0.2, -0.15) is 0 Å². The van der Waals surface area contributed by atoms with Crippen LogP contribution in [0.3, 0.4) is 0 Å². The number of carbonyl (C=O) groups is 2. The maximum absolute atomic E-state index is 13.1. The highest BCUT2D eigenvalue weighted by atomic mass is 32.1. The van der Waals surface area contributed by atoms with Crippen LogP contribution in [0.15, 0.2) is 11.6 Å². The van der Waals surface area contributed by atoms with E-state index in [-0.39, 0.29) is 17.7 Å². The molecule has 114 valence electrons. The molecule has 0 aromatic carbocycles. The third-order valence-corrected chi connectivity index (χ3v) is 5.76. The molecule has 1 N–H and O–H groups in total. The smallest absolute Gasteiger partial charge is 0.249 e. The number of carbonyl (C=O) groups excluding carboxylic acids is 2. The Balaban J connectivity index is 1.97. The summed E-state index contributed by atoms with van der Waals surface area (Å²) in [6, 6.07) is 0. The number of nitrogens with one attached hydrogen (secondary N) is 1. The van der Waals surface area contributed by atoms with Gasteiger partial charge in [0.2, 0.25) is 11.8 Å². The zero-order valence-corrected chi connectivity index (χ0v) is 13.5. The highest BCUT2D eigenvalue weighted by Crippen LogP contribution is 2.43. The molecule has 1 unspecified atom stereocenters. The molecule has 2 fully saturated rings. The molecule has 1 aliphatic heterocycles. The van der Waals surface area contributed by atoms with E-state index in [0.717, 1.165) is 17.8 Å². The number of hydrogen-bond acceptors (Lipinski definition) is 4. The second-order valence-corrected chi connectivity index (χ2v) is 7.52. The summed E-state index contributed by atoms with van der Waals surface area (Å²) in [4.78, 5) is 31.4. The van der Waals surface area contributed by atoms with Crippen LogP contribution in [0.2, 0.25) is 0 Å². The number of rotatable bonds is 3. The van der Waals surface area contributed by atoms with Gasteiger partial charge in [-0.05, 0) is 39.5 Å². The van der Waals surface area contributed by atoms with Gasteiger partial charge in [-0.1, -0.05) is 0 Å². The van der Waals surface area contributed by atoms with Crippen molar-refractivity contribution < 1.29 is 9.59 Å². The number of thiazole rings is 1. The van der Waals surface area contributed by atoms with Gasteiger partial charge in [0.1, 0.15) is 10.5 Å². The molecule has 1 saturated carbocycles. The minimum atomic E-state index is -0.762. The van der Waals surface area contributed by atoms with Crippen LogP contribution in [0.5, 0.6) is 0 Å². The highest BCUT2D eigenvalue weighted by Gasteiger charge is 2.53. The molecule has 6 heteroatoms. The molecule has 1 aromatic rings. The maximum Gasteiger partial charge on any atom is 0.249 e. The summed E-state index contributed by atoms with van der Waals surface area (Å²) in [5.74, 6) is 0.257. The van der Waals surface area contributed by atoms with Crippen molar-refractivity contribution in [3.8, 4) is 0 Å². The van der Waals surface area contributed by atoms with Crippen molar-refractivity contribution in [2.75, 3.05) is 6.54 Å². The van der Waals surface area contributed by atoms with Crippen molar-refractivity contribution in [3.05, 3.63) is 16.6 Å². The molecule has 0 radical (unpaired) electrons. The Morgan fingerprint density at radius 2 is 2.14 bits per heavy atom. The fraction of sp³-hybridized carbons (Fsp3) is 0.667. The monoisotopic (exact) mass is 307 g/mol. The molecule has 2 heterocycles. The van der Waals surface area contributed by atoms with Crippen LogP contribution in [0, 0.1) is 5.92 Å². The lowest BCUT2D eigenvalue weighted by Crippen LogP contribution is -2.59. The Hall–Kier alpha value is -1.43. The SMILES string of the molecule is CC1(C2CC2)NC(=O)CCN(C(C)(C)c2nccs2)C1=O. The average Bonchev–Trinajstić information content (AvgIpc) is 3.14. The van der Waals surface area contributed by atoms with Gasteiger partial charge in [0.15, 0.2) is 0 Å². The van der Waals surface area contributed by atoms with Crippen LogP contribution >= 0.6 is 11.3 Å². The summed E-state index contributed by atoms with van der Waals surface area (Å²) in [6.07, 6.45) is 4.12. The Morgan fingerprint density at radius 1 is 1.43 bits per heavy atom. The van der Waals surface area contributed by atoms with Gasteiger partial charge >= 0.3 is 0 Å². The molecule has 2 amide bonds. The Labute approximate surface area is 128 Å². The molecular weight excluding hydrogens is 286 g/mol. The number of aromatic nitrogens is 1. The standard InChI is InChI=1S/C15H21N3O2S/c1-14(2,12-16-7-9-21-12)18-8-6-11(19)17-15(3,13(18)20)10-4-5-10/h7,9-10H,4-6,8H2,1-3H3,(H,17,19). The van der Waals surface area contributed by atoms with Crippen LogP contribution < -0.4 is 5.32 Å². The molecule has 1 aromatic heterocycles. The second kappa shape index (κ2) is 4.80. The van der Waals surface area contributed by atoms with E-state index in [4.69, 9.17) is 0 Å². The third kappa shape index (κ3) is 2.35. The number of nitrogens with zero attached hydrogens (tertiary/aromatic N) is 2. The topological polar surface area (TPSA) is 62.3 Å². The molecule has 3 rings (SSSR count). The van der Waals surface area contributed by atoms with Crippen LogP contribution in [-0.4, -0.2) is 33.8 Å². The van der Waals surface area contributed by atoms with Gasteiger partial charge in [-0.15, -0.1) is 11.3 Å². The minimum absolute atomic E-state index is 0.0241. The maximum atomic E-state index is 13.1. The molecule has 1 aliphatic carbocycles. The van der Waals surface area contributed by atoms with Crippen LogP contribution in [-0.2, 0) is 15.1 Å². The minimum Gasteiger partial charge on any atom is -0.342 e. The van der Waals surface area contributed by atoms with Crippen molar-refractivity contribution >= 4 is 23.2 Å². The van der Waals surface area contributed by atoms with E-state index >= 15 is 0 Å². The van der Waals surface area contributed by atoms with E-state index in [0.29, 0.717) is 13.0 Å². The molecule has 2 aliphatic rings. The first-order chi connectivity index (χ1) is 9.85. The second-order valence-electron chi connectivity index (χ2n) is 6.63. The summed E-state index contributed by atoms with van der Waals surface area (Å²) < 4.78 is 0. The Kier molecular flexibility index (Phi) is 3.31. The average molecular weight is 307 g/mol. The fourth-order valence-corrected chi connectivity index (χ4v) is 3.88. The predicted molar refractivity (Wildman–Crippen MR) is 80.7 cm³/mol. The largest absolute Gasteiger partial charge is 0.342 e. The lowest BCUT2D eigenvalue weighted by Gasteiger charge is -2.40. The summed E-state index contributed by atoms with van der Waals surface area (Å²) in [6.45, 7) is 6.33. The van der Waals surface area contributed by atoms with Gasteiger partial charge in [-0.25, -0.2) is 4.98 Å². The van der Waals surface area contributed by atoms with Crippen molar-refractivity contribution in [2.24, 2.45) is 5.92 Å². The zero-order valence-electron chi connectivity index (χ0n) is 12.7. The van der Waals surface area contributed by atoms with Gasteiger partial charge in [0.05, 0.1) is 5.54 Å². The van der Waals surface area contributed by atoms with Gasteiger partial charge in [0.25, 0.3) is 0 Å². The first kappa shape index (κ1) is 14.5. The third-order valence-electron chi connectivity index (χ3n) is 4.68. The normalized spacial score (nSPS) is 27.5. The molecule has 1 atom stereocenters. The molecule has 0 spiro atoms. The van der Waals surface area contributed by atoms with Crippen molar-refractivity contribution in [2.45, 2.75) is 51.1 Å². The summed E-state index contributed by atoms with van der Waals surface area (Å²) in [5, 5.41) is 5.79. The van der Waals surface area contributed by atoms with E-state index in [2.05, 4.69) is 10.3 Å². The first-order valence-corrected chi connectivity index (χ1v) is 8.27. The lowest BCUT2D eigenvalue weighted by molar-refractivity contribution is -0.144. The highest BCUT2D eigenvalue weighted by molar-refractivity contribution is 7.09. The van der Waals surface area contributed by atoms with Crippen molar-refractivity contribution in [1.29, 1.82) is 0 Å². The van der Waals surface area contributed by atoms with E-state index in [1.165, 1.54) is 0 Å². The number of hydrogen-bond donors (Lipinski definition) is 1. The van der Waals surface area contributed by atoms with E-state index < -0.39 is 11.1 Å². The van der Waals surface area contributed by atoms with E-state index in [9.17, 15) is 9.59 Å². The molecule has 1 saturated heterocycles. The van der Waals surface area contributed by atoms with Crippen LogP contribution in [0.25, 0.3) is 0 Å². The van der Waals surface area contributed by atoms with Gasteiger partial charge in [-0.3, -0.25) is 9.59 Å². The summed E-state index contributed by atoms with van der Waals surface area (Å²) >= 11 is 1.55. The summed E-state index contributed by atoms with van der Waals surface area (Å²) in [5.41, 5.74) is -1.25. The Bertz CT molecular complexity index is 565. The summed E-state index contributed by atoms with van der Waals surface area (Å²) in [7, 11) is 0. The Morgan fingerprint density at radius 3 is 2.71 bits per heavy atom. The van der Waals surface area contributed by atoms with E-state index in [1.807, 2.05) is 31.1 Å². The quantitative estimate of drug-likeness (QED) is 0.927. The molecule has 0 bridgehead atoms. The van der Waals surface area contributed by atoms with Crippen molar-refractivity contribution in [1.82, 2.24) is 15.2 Å². The number of amides is 2. The van der Waals surface area contributed by atoms with Crippen molar-refractivity contribution in [3.63, 3.8) is 0 Å². The molecule has 5 nitrogen and oxygen atoms in total. The predicted octanol–water partition coefficient (Wildman–Crippen LogP) is 1.90. The van der Waals surface area contributed by atoms with Gasteiger partial charge < -0.3 is 10.2 Å². The fourth-order valence-electron chi connectivity index (χ4n) is 3.11. The zero-order chi connectivity index (χ0) is 15.3. The van der Waals surface area contributed by atoms with Crippen LogP contribution in [0.1, 0.15) is 45.0 Å². The molecule has 21 heavy (non-hydrogen) atoms. The van der Waals surface area contributed by atoms with Gasteiger partial charge in [0, 0.05) is 24.5 Å². The first-order valence-electron chi connectivity index (χ1n) is 7.39. The molecular formula is C15H21N3O2S. The van der Waals surface area contributed by atoms with E-state index in [1.54, 1.807) is 17.5 Å². The van der Waals surface area contributed by atoms with Crippen LogP contribution in [0.4, 0.5) is 0 Å².